The molecule has 0 nitrogen and oxygen atoms in total. The van der Waals surface area contributed by atoms with Crippen LogP contribution in [0.25, 0.3) is 0 Å². The number of hydrogen-bond acceptors (Lipinski definition) is 0. The molecule has 0 bridgehead atoms. The first-order valence-corrected chi connectivity index (χ1v) is 3.45. The molecule has 0 amide bonds. The SMILES string of the molecule is C=C(C)/C(=C\C=C/C)C(F)(F)F. The van der Waals surface area contributed by atoms with E-state index >= 15 is 0 Å². The molecular weight excluding hydrogens is 165 g/mol. The molecule has 12 heavy (non-hydrogen) atoms. The number of hydrogen-bond donors (Lipinski definition) is 0. The third kappa shape index (κ3) is 3.42. The van der Waals surface area contributed by atoms with E-state index in [0.29, 0.717) is 0 Å². The Kier molecular flexibility index (Phi) is 3.80. The minimum atomic E-state index is -4.30. The summed E-state index contributed by atoms with van der Waals surface area (Å²) in [7, 11) is 0. The zero-order valence-electron chi connectivity index (χ0n) is 7.07. The van der Waals surface area contributed by atoms with Gasteiger partial charge in [0.15, 0.2) is 0 Å². The molecule has 3 heteroatoms. The Bertz CT molecular complexity index is 218. The minimum absolute atomic E-state index is 0.0283. The molecule has 0 aliphatic rings. The smallest absolute Gasteiger partial charge is 0.166 e. The molecular formula is C9H11F3. The highest BCUT2D eigenvalue weighted by Crippen LogP contribution is 2.30. The van der Waals surface area contributed by atoms with Gasteiger partial charge in [-0.15, -0.1) is 0 Å². The van der Waals surface area contributed by atoms with E-state index in [4.69, 9.17) is 0 Å². The van der Waals surface area contributed by atoms with Crippen molar-refractivity contribution in [3.63, 3.8) is 0 Å². The highest BCUT2D eigenvalue weighted by atomic mass is 19.4. The predicted molar refractivity (Wildman–Crippen MR) is 43.8 cm³/mol. The van der Waals surface area contributed by atoms with Crippen LogP contribution in [-0.4, -0.2) is 6.18 Å². The summed E-state index contributed by atoms with van der Waals surface area (Å²) < 4.78 is 36.4. The van der Waals surface area contributed by atoms with Crippen LogP contribution >= 0.6 is 0 Å². The molecule has 0 aromatic heterocycles. The van der Waals surface area contributed by atoms with Crippen molar-refractivity contribution in [2.45, 2.75) is 20.0 Å². The second-order valence-corrected chi connectivity index (χ2v) is 2.38. The standard InChI is InChI=1S/C9H11F3/c1-4-5-6-8(7(2)3)9(10,11)12/h4-6H,2H2,1,3H3/b5-4-,8-6+. The fourth-order valence-corrected chi connectivity index (χ4v) is 0.671. The summed E-state index contributed by atoms with van der Waals surface area (Å²) in [6.07, 6.45) is -0.403. The normalized spacial score (nSPS) is 13.9. The van der Waals surface area contributed by atoms with Crippen LogP contribution in [0.3, 0.4) is 0 Å². The van der Waals surface area contributed by atoms with Crippen LogP contribution in [0.15, 0.2) is 36.0 Å². The summed E-state index contributed by atoms with van der Waals surface area (Å²) in [4.78, 5) is 0. The van der Waals surface area contributed by atoms with Crippen LogP contribution in [0.5, 0.6) is 0 Å². The van der Waals surface area contributed by atoms with Crippen molar-refractivity contribution in [1.82, 2.24) is 0 Å². The van der Waals surface area contributed by atoms with E-state index in [0.717, 1.165) is 6.08 Å². The van der Waals surface area contributed by atoms with Gasteiger partial charge in [-0.1, -0.05) is 24.8 Å². The van der Waals surface area contributed by atoms with Gasteiger partial charge in [-0.2, -0.15) is 13.2 Å². The van der Waals surface area contributed by atoms with Crippen LogP contribution < -0.4 is 0 Å². The van der Waals surface area contributed by atoms with Gasteiger partial charge in [-0.05, 0) is 19.4 Å². The van der Waals surface area contributed by atoms with Gasteiger partial charge >= 0.3 is 6.18 Å². The molecule has 0 unspecified atom stereocenters. The average molecular weight is 176 g/mol. The van der Waals surface area contributed by atoms with E-state index in [2.05, 4.69) is 6.58 Å². The Morgan fingerprint density at radius 2 is 1.83 bits per heavy atom. The molecule has 0 fully saturated rings. The van der Waals surface area contributed by atoms with E-state index in [1.807, 2.05) is 0 Å². The maximum Gasteiger partial charge on any atom is 0.416 e. The number of halogens is 3. The molecule has 0 saturated carbocycles. The molecule has 0 aliphatic heterocycles. The average Bonchev–Trinajstić information content (AvgIpc) is 1.84. The van der Waals surface area contributed by atoms with Crippen LogP contribution in [0.1, 0.15) is 13.8 Å². The molecule has 0 radical (unpaired) electrons. The van der Waals surface area contributed by atoms with E-state index in [1.54, 1.807) is 6.92 Å². The van der Waals surface area contributed by atoms with E-state index in [9.17, 15) is 13.2 Å². The summed E-state index contributed by atoms with van der Waals surface area (Å²) >= 11 is 0. The van der Waals surface area contributed by atoms with Crippen molar-refractivity contribution in [3.8, 4) is 0 Å². The first kappa shape index (κ1) is 11.0. The molecule has 0 N–H and O–H groups in total. The van der Waals surface area contributed by atoms with E-state index in [-0.39, 0.29) is 5.57 Å². The van der Waals surface area contributed by atoms with Crippen molar-refractivity contribution in [2.75, 3.05) is 0 Å². The lowest BCUT2D eigenvalue weighted by Gasteiger charge is -2.09. The fourth-order valence-electron chi connectivity index (χ4n) is 0.671. The van der Waals surface area contributed by atoms with Crippen LogP contribution in [0.2, 0.25) is 0 Å². The predicted octanol–water partition coefficient (Wildman–Crippen LogP) is 3.63. The molecule has 0 atom stereocenters. The Balaban J connectivity index is 4.80. The van der Waals surface area contributed by atoms with Gasteiger partial charge in [-0.25, -0.2) is 0 Å². The minimum Gasteiger partial charge on any atom is -0.166 e. The van der Waals surface area contributed by atoms with Crippen LogP contribution in [0.4, 0.5) is 13.2 Å². The van der Waals surface area contributed by atoms with Crippen LogP contribution in [0, 0.1) is 0 Å². The Hall–Kier alpha value is -0.990. The third-order valence-corrected chi connectivity index (χ3v) is 1.22. The maximum atomic E-state index is 12.1. The number of allylic oxidation sites excluding steroid dienone is 5. The third-order valence-electron chi connectivity index (χ3n) is 1.22. The molecule has 0 heterocycles. The molecule has 0 aliphatic carbocycles. The lowest BCUT2D eigenvalue weighted by atomic mass is 10.1. The Morgan fingerprint density at radius 3 is 2.08 bits per heavy atom. The van der Waals surface area contributed by atoms with Crippen molar-refractivity contribution in [3.05, 3.63) is 36.0 Å². The van der Waals surface area contributed by atoms with Gasteiger partial charge in [0.25, 0.3) is 0 Å². The summed E-state index contributed by atoms with van der Waals surface area (Å²) in [5.74, 6) is 0. The van der Waals surface area contributed by atoms with Gasteiger partial charge in [0.1, 0.15) is 0 Å². The number of alkyl halides is 3. The first-order chi connectivity index (χ1) is 5.39. The zero-order valence-corrected chi connectivity index (χ0v) is 7.07. The van der Waals surface area contributed by atoms with Gasteiger partial charge in [0, 0.05) is 0 Å². The van der Waals surface area contributed by atoms with Gasteiger partial charge < -0.3 is 0 Å². The maximum absolute atomic E-state index is 12.1. The molecule has 0 spiro atoms. The fraction of sp³-hybridized carbons (Fsp3) is 0.333. The van der Waals surface area contributed by atoms with Crippen LogP contribution in [-0.2, 0) is 0 Å². The summed E-state index contributed by atoms with van der Waals surface area (Å²) in [5, 5.41) is 0. The highest BCUT2D eigenvalue weighted by Gasteiger charge is 2.33. The van der Waals surface area contributed by atoms with Crippen molar-refractivity contribution < 1.29 is 13.2 Å². The van der Waals surface area contributed by atoms with Gasteiger partial charge in [-0.3, -0.25) is 0 Å². The lowest BCUT2D eigenvalue weighted by Crippen LogP contribution is -2.12. The zero-order chi connectivity index (χ0) is 9.78. The summed E-state index contributed by atoms with van der Waals surface area (Å²) in [6, 6.07) is 0. The molecule has 0 rings (SSSR count). The van der Waals surface area contributed by atoms with Crippen molar-refractivity contribution in [2.24, 2.45) is 0 Å². The molecule has 68 valence electrons. The second-order valence-electron chi connectivity index (χ2n) is 2.38. The van der Waals surface area contributed by atoms with Gasteiger partial charge in [0.05, 0.1) is 5.57 Å². The summed E-state index contributed by atoms with van der Waals surface area (Å²) in [6.45, 7) is 6.24. The van der Waals surface area contributed by atoms with Crippen molar-refractivity contribution >= 4 is 0 Å². The first-order valence-electron chi connectivity index (χ1n) is 3.45. The largest absolute Gasteiger partial charge is 0.416 e. The monoisotopic (exact) mass is 176 g/mol. The molecule has 0 saturated heterocycles. The summed E-state index contributed by atoms with van der Waals surface area (Å²) in [5.41, 5.74) is -0.652. The van der Waals surface area contributed by atoms with E-state index in [1.165, 1.54) is 19.1 Å². The number of rotatable bonds is 2. The Morgan fingerprint density at radius 1 is 1.33 bits per heavy atom. The molecule has 0 aromatic rings. The molecule has 0 aromatic carbocycles. The van der Waals surface area contributed by atoms with Gasteiger partial charge in [0.2, 0.25) is 0 Å². The van der Waals surface area contributed by atoms with E-state index < -0.39 is 11.7 Å². The van der Waals surface area contributed by atoms with Crippen molar-refractivity contribution in [1.29, 1.82) is 0 Å². The Labute approximate surface area is 70.1 Å². The lowest BCUT2D eigenvalue weighted by molar-refractivity contribution is -0.0892. The topological polar surface area (TPSA) is 0 Å². The quantitative estimate of drug-likeness (QED) is 0.563. The highest BCUT2D eigenvalue weighted by molar-refractivity contribution is 5.33. The second kappa shape index (κ2) is 4.14.